The van der Waals surface area contributed by atoms with E-state index >= 15 is 0 Å². The molecule has 0 aliphatic carbocycles. The Morgan fingerprint density at radius 1 is 0.889 bits per heavy atom. The average Bonchev–Trinajstić information content (AvgIpc) is 3.35. The Hall–Kier alpha value is -4.05. The lowest BCUT2D eigenvalue weighted by Crippen LogP contribution is -2.23. The first-order chi connectivity index (χ1) is 17.1. The molecule has 0 saturated carbocycles. The molecule has 0 atom stereocenters. The molecule has 0 saturated heterocycles. The Balaban J connectivity index is 1.83. The van der Waals surface area contributed by atoms with E-state index in [9.17, 15) is 17.2 Å². The number of rotatable bonds is 5. The van der Waals surface area contributed by atoms with E-state index in [4.69, 9.17) is 5.73 Å². The van der Waals surface area contributed by atoms with Gasteiger partial charge in [0, 0.05) is 18.2 Å². The molecule has 7 nitrogen and oxygen atoms in total. The summed E-state index contributed by atoms with van der Waals surface area (Å²) in [4.78, 5) is 8.87. The highest BCUT2D eigenvalue weighted by atomic mass is 32.2. The second-order valence-corrected chi connectivity index (χ2v) is 11.0. The number of halogens is 2. The number of imidazole rings is 2. The zero-order valence-electron chi connectivity index (χ0n) is 19.8. The summed E-state index contributed by atoms with van der Waals surface area (Å²) in [5.41, 5.74) is 8.81. The van der Waals surface area contributed by atoms with Gasteiger partial charge in [-0.3, -0.25) is 0 Å². The lowest BCUT2D eigenvalue weighted by molar-refractivity contribution is 0.580. The smallest absolute Gasteiger partial charge is 0.244 e. The molecule has 2 aromatic heterocycles. The molecule has 2 N–H and O–H groups in total. The SMILES string of the molecule is CC(C)S(=O)(=O)n1c(N)nc2ccc(-c3c(-c4ccccc4)nc(-c4c(F)cccc4F)n3C)cc21. The maximum Gasteiger partial charge on any atom is 0.244 e. The van der Waals surface area contributed by atoms with Crippen molar-refractivity contribution >= 4 is 27.0 Å². The molecule has 0 unspecified atom stereocenters. The van der Waals surface area contributed by atoms with Gasteiger partial charge in [-0.1, -0.05) is 42.5 Å². The van der Waals surface area contributed by atoms with Gasteiger partial charge in [-0.2, -0.15) is 0 Å². The predicted molar refractivity (Wildman–Crippen MR) is 137 cm³/mol. The summed E-state index contributed by atoms with van der Waals surface area (Å²) >= 11 is 0. The van der Waals surface area contributed by atoms with Gasteiger partial charge in [-0.15, -0.1) is 0 Å². The minimum Gasteiger partial charge on any atom is -0.368 e. The number of anilines is 1. The first kappa shape index (κ1) is 23.7. The van der Waals surface area contributed by atoms with E-state index in [2.05, 4.69) is 9.97 Å². The molecule has 36 heavy (non-hydrogen) atoms. The molecule has 0 fully saturated rings. The number of nitrogen functional groups attached to an aromatic ring is 1. The lowest BCUT2D eigenvalue weighted by Gasteiger charge is -2.12. The van der Waals surface area contributed by atoms with Gasteiger partial charge in [-0.05, 0) is 38.1 Å². The minimum atomic E-state index is -3.80. The van der Waals surface area contributed by atoms with E-state index in [0.717, 1.165) is 9.54 Å². The summed E-state index contributed by atoms with van der Waals surface area (Å²) in [6.07, 6.45) is 0. The van der Waals surface area contributed by atoms with Crippen molar-refractivity contribution in [1.29, 1.82) is 0 Å². The number of aromatic nitrogens is 4. The molecule has 0 aliphatic heterocycles. The van der Waals surface area contributed by atoms with Gasteiger partial charge in [0.2, 0.25) is 16.0 Å². The standard InChI is InChI=1S/C26H23F2N5O2S/c1-15(2)36(34,35)33-21-14-17(12-13-20(21)30-26(33)29)24-23(16-8-5-4-6-9-16)31-25(32(24)3)22-18(27)10-7-11-19(22)28/h4-15H,1-3H3,(H2,29,30). The van der Waals surface area contributed by atoms with Crippen molar-refractivity contribution in [2.75, 3.05) is 5.73 Å². The third-order valence-corrected chi connectivity index (χ3v) is 8.17. The van der Waals surface area contributed by atoms with E-state index in [1.165, 1.54) is 18.2 Å². The molecular weight excluding hydrogens is 484 g/mol. The van der Waals surface area contributed by atoms with Crippen LogP contribution in [0.25, 0.3) is 44.9 Å². The molecule has 0 radical (unpaired) electrons. The predicted octanol–water partition coefficient (Wildman–Crippen LogP) is 5.22. The van der Waals surface area contributed by atoms with Crippen LogP contribution in [0.3, 0.4) is 0 Å². The van der Waals surface area contributed by atoms with Crippen LogP contribution in [-0.2, 0) is 17.1 Å². The number of benzene rings is 3. The summed E-state index contributed by atoms with van der Waals surface area (Å²) in [5, 5.41) is -0.729. The number of hydrogen-bond donors (Lipinski definition) is 1. The van der Waals surface area contributed by atoms with Gasteiger partial charge in [0.15, 0.2) is 0 Å². The van der Waals surface area contributed by atoms with Gasteiger partial charge in [-0.25, -0.2) is 31.1 Å². The van der Waals surface area contributed by atoms with Crippen LogP contribution in [0, 0.1) is 11.6 Å². The van der Waals surface area contributed by atoms with Crippen LogP contribution in [0.2, 0.25) is 0 Å². The van der Waals surface area contributed by atoms with Crippen LogP contribution in [0.1, 0.15) is 13.8 Å². The third kappa shape index (κ3) is 3.65. The normalized spacial score (nSPS) is 12.1. The molecule has 3 aromatic carbocycles. The Labute approximate surface area is 206 Å². The van der Waals surface area contributed by atoms with Gasteiger partial charge in [0.25, 0.3) is 0 Å². The highest BCUT2D eigenvalue weighted by Crippen LogP contribution is 2.38. The Morgan fingerprint density at radius 2 is 1.56 bits per heavy atom. The van der Waals surface area contributed by atoms with Crippen molar-refractivity contribution < 1.29 is 17.2 Å². The van der Waals surface area contributed by atoms with Gasteiger partial charge < -0.3 is 10.3 Å². The Bertz CT molecular complexity index is 1700. The summed E-state index contributed by atoms with van der Waals surface area (Å²) in [7, 11) is -2.14. The van der Waals surface area contributed by atoms with Gasteiger partial charge in [0.1, 0.15) is 17.5 Å². The summed E-state index contributed by atoms with van der Waals surface area (Å²) in [6, 6.07) is 18.0. The minimum absolute atomic E-state index is 0.0994. The van der Waals surface area contributed by atoms with Crippen molar-refractivity contribution in [3.63, 3.8) is 0 Å². The molecule has 184 valence electrons. The zero-order valence-corrected chi connectivity index (χ0v) is 20.6. The van der Waals surface area contributed by atoms with E-state index in [1.54, 1.807) is 43.7 Å². The summed E-state index contributed by atoms with van der Waals surface area (Å²) < 4.78 is 58.2. The number of fused-ring (bicyclic) bond motifs is 1. The fraction of sp³-hybridized carbons (Fsp3) is 0.154. The zero-order chi connectivity index (χ0) is 25.8. The van der Waals surface area contributed by atoms with E-state index in [-0.39, 0.29) is 17.3 Å². The number of nitrogens with two attached hydrogens (primary N) is 1. The first-order valence-electron chi connectivity index (χ1n) is 11.2. The monoisotopic (exact) mass is 507 g/mol. The van der Waals surface area contributed by atoms with Crippen molar-refractivity contribution in [3.8, 4) is 33.9 Å². The Kier molecular flexibility index (Phi) is 5.63. The van der Waals surface area contributed by atoms with Crippen LogP contribution in [0.15, 0.2) is 66.7 Å². The van der Waals surface area contributed by atoms with Crippen LogP contribution in [0.4, 0.5) is 14.7 Å². The van der Waals surface area contributed by atoms with E-state index in [0.29, 0.717) is 28.0 Å². The average molecular weight is 508 g/mol. The number of nitrogens with zero attached hydrogens (tertiary/aromatic N) is 4. The van der Waals surface area contributed by atoms with E-state index in [1.807, 2.05) is 30.3 Å². The molecular formula is C26H23F2N5O2S. The van der Waals surface area contributed by atoms with Crippen LogP contribution < -0.4 is 5.73 Å². The second kappa shape index (κ2) is 8.56. The lowest BCUT2D eigenvalue weighted by atomic mass is 10.0. The van der Waals surface area contributed by atoms with Gasteiger partial charge in [0.05, 0.1) is 33.2 Å². The Morgan fingerprint density at radius 3 is 2.19 bits per heavy atom. The molecule has 0 aliphatic rings. The van der Waals surface area contributed by atoms with Crippen molar-refractivity contribution in [2.24, 2.45) is 7.05 Å². The summed E-state index contributed by atoms with van der Waals surface area (Å²) in [6.45, 7) is 3.13. The van der Waals surface area contributed by atoms with Crippen molar-refractivity contribution in [3.05, 3.63) is 78.4 Å². The van der Waals surface area contributed by atoms with Crippen LogP contribution in [0.5, 0.6) is 0 Å². The third-order valence-electron chi connectivity index (χ3n) is 6.09. The molecule has 0 amide bonds. The maximum atomic E-state index is 14.7. The fourth-order valence-electron chi connectivity index (χ4n) is 4.26. The largest absolute Gasteiger partial charge is 0.368 e. The van der Waals surface area contributed by atoms with Crippen molar-refractivity contribution in [2.45, 2.75) is 19.1 Å². The quantitative estimate of drug-likeness (QED) is 0.352. The second-order valence-electron chi connectivity index (χ2n) is 8.69. The molecule has 10 heteroatoms. The molecule has 5 rings (SSSR count). The molecule has 5 aromatic rings. The topological polar surface area (TPSA) is 95.8 Å². The summed E-state index contributed by atoms with van der Waals surface area (Å²) in [5.74, 6) is -1.52. The maximum absolute atomic E-state index is 14.7. The van der Waals surface area contributed by atoms with Crippen LogP contribution >= 0.6 is 0 Å². The first-order valence-corrected chi connectivity index (χ1v) is 12.7. The van der Waals surface area contributed by atoms with E-state index < -0.39 is 26.9 Å². The molecule has 2 heterocycles. The molecule has 0 spiro atoms. The highest BCUT2D eigenvalue weighted by Gasteiger charge is 2.27. The van der Waals surface area contributed by atoms with Crippen molar-refractivity contribution in [1.82, 2.24) is 18.5 Å². The van der Waals surface area contributed by atoms with Crippen LogP contribution in [-0.4, -0.2) is 32.2 Å². The van der Waals surface area contributed by atoms with Gasteiger partial charge >= 0.3 is 0 Å². The fourth-order valence-corrected chi connectivity index (χ4v) is 5.40. The number of hydrogen-bond acceptors (Lipinski definition) is 5. The molecule has 0 bridgehead atoms. The highest BCUT2D eigenvalue weighted by molar-refractivity contribution is 7.90.